The molecule has 7 nitrogen and oxygen atoms in total. The van der Waals surface area contributed by atoms with Crippen molar-refractivity contribution >= 4 is 55.6 Å². The molecule has 1 atom stereocenters. The van der Waals surface area contributed by atoms with Crippen LogP contribution >= 0.6 is 34.7 Å². The van der Waals surface area contributed by atoms with Gasteiger partial charge in [0.2, 0.25) is 5.13 Å². The number of nitrogens with zero attached hydrogens (tertiary/aromatic N) is 4. The molecule has 31 heavy (non-hydrogen) atoms. The van der Waals surface area contributed by atoms with E-state index in [-0.39, 0.29) is 16.1 Å². The third-order valence-electron chi connectivity index (χ3n) is 5.34. The molecular formula is C20H21Cl2N5O2S2. The molecule has 0 radical (unpaired) electrons. The van der Waals surface area contributed by atoms with Crippen molar-refractivity contribution in [2.24, 2.45) is 0 Å². The number of rotatable bonds is 7. The number of anilines is 2. The Balaban J connectivity index is 1.44. The summed E-state index contributed by atoms with van der Waals surface area (Å²) in [6, 6.07) is 12.9. The van der Waals surface area contributed by atoms with E-state index < -0.39 is 10.0 Å². The zero-order chi connectivity index (χ0) is 22.0. The minimum atomic E-state index is -3.78. The Kier molecular flexibility index (Phi) is 6.68. The number of aromatic nitrogens is 2. The minimum Gasteiger partial charge on any atom is -0.369 e. The largest absolute Gasteiger partial charge is 0.369 e. The normalized spacial score (nSPS) is 17.1. The first kappa shape index (κ1) is 22.3. The zero-order valence-corrected chi connectivity index (χ0v) is 19.8. The summed E-state index contributed by atoms with van der Waals surface area (Å²) in [6.45, 7) is 2.62. The van der Waals surface area contributed by atoms with Crippen molar-refractivity contribution in [2.45, 2.75) is 23.9 Å². The molecule has 0 aliphatic carbocycles. The lowest BCUT2D eigenvalue weighted by Crippen LogP contribution is -2.34. The topological polar surface area (TPSA) is 78.4 Å². The predicted octanol–water partition coefficient (Wildman–Crippen LogP) is 4.36. The average molecular weight is 498 g/mol. The second kappa shape index (κ2) is 9.30. The number of sulfonamides is 1. The van der Waals surface area contributed by atoms with Crippen molar-refractivity contribution in [3.8, 4) is 0 Å². The Bertz CT molecular complexity index is 1160. The summed E-state index contributed by atoms with van der Waals surface area (Å²) in [5.41, 5.74) is 1.91. The predicted molar refractivity (Wildman–Crippen MR) is 126 cm³/mol. The second-order valence-electron chi connectivity index (χ2n) is 7.35. The lowest BCUT2D eigenvalue weighted by molar-refractivity contribution is 0.326. The van der Waals surface area contributed by atoms with Crippen LogP contribution in [0.4, 0.5) is 10.8 Å². The quantitative estimate of drug-likeness (QED) is 0.522. The Morgan fingerprint density at radius 2 is 2.03 bits per heavy atom. The molecule has 1 aliphatic heterocycles. The van der Waals surface area contributed by atoms with Gasteiger partial charge in [-0.15, -0.1) is 0 Å². The fourth-order valence-corrected chi connectivity index (χ4v) is 5.93. The number of likely N-dealkylation sites (N-methyl/N-ethyl adjacent to an activating group) is 1. The summed E-state index contributed by atoms with van der Waals surface area (Å²) in [7, 11) is -1.80. The third-order valence-corrected chi connectivity index (χ3v) is 8.06. The van der Waals surface area contributed by atoms with Crippen LogP contribution in [-0.2, 0) is 16.6 Å². The van der Waals surface area contributed by atoms with Crippen LogP contribution in [0.15, 0.2) is 53.7 Å². The third kappa shape index (κ3) is 5.12. The van der Waals surface area contributed by atoms with E-state index in [4.69, 9.17) is 23.2 Å². The molecule has 2 aromatic carbocycles. The van der Waals surface area contributed by atoms with Crippen molar-refractivity contribution in [3.05, 3.63) is 64.4 Å². The lowest BCUT2D eigenvalue weighted by Gasteiger charge is -2.28. The maximum Gasteiger partial charge on any atom is 0.263 e. The molecule has 164 valence electrons. The second-order valence-corrected chi connectivity index (χ2v) is 10.6. The van der Waals surface area contributed by atoms with Crippen molar-refractivity contribution < 1.29 is 8.42 Å². The van der Waals surface area contributed by atoms with Crippen LogP contribution in [0.1, 0.15) is 12.0 Å². The average Bonchev–Trinajstić information content (AvgIpc) is 3.41. The van der Waals surface area contributed by atoms with Gasteiger partial charge in [0.05, 0.1) is 15.6 Å². The van der Waals surface area contributed by atoms with Gasteiger partial charge in [0.15, 0.2) is 0 Å². The van der Waals surface area contributed by atoms with Gasteiger partial charge in [0, 0.05) is 49.3 Å². The molecule has 1 saturated heterocycles. The smallest absolute Gasteiger partial charge is 0.263 e. The molecule has 0 saturated carbocycles. The molecule has 0 amide bonds. The molecule has 0 bridgehead atoms. The van der Waals surface area contributed by atoms with Gasteiger partial charge >= 0.3 is 0 Å². The van der Waals surface area contributed by atoms with E-state index in [9.17, 15) is 8.42 Å². The van der Waals surface area contributed by atoms with Gasteiger partial charge < -0.3 is 4.90 Å². The monoisotopic (exact) mass is 497 g/mol. The fourth-order valence-electron chi connectivity index (χ4n) is 3.67. The van der Waals surface area contributed by atoms with Crippen molar-refractivity contribution in [1.29, 1.82) is 0 Å². The standard InChI is InChI=1S/C20H21Cl2N5O2S2/c1-26(15-8-9-27(12-15)11-14-4-2-3-5-17(14)21)19-7-6-16(10-18(19)22)31(28,29)25-20-23-13-24-30-20/h2-7,10,13,15H,8-9,11-12H2,1H3,(H,23,24,25)/t15-/m0/s1. The SMILES string of the molecule is CN(c1ccc(S(=O)(=O)Nc2ncns2)cc1Cl)[C@H]1CCN(Cc2ccccc2Cl)C1. The summed E-state index contributed by atoms with van der Waals surface area (Å²) in [6.07, 6.45) is 2.28. The van der Waals surface area contributed by atoms with Crippen LogP contribution in [0.5, 0.6) is 0 Å². The molecule has 3 aromatic rings. The van der Waals surface area contributed by atoms with Crippen molar-refractivity contribution in [1.82, 2.24) is 14.3 Å². The Hall–Kier alpha value is -1.91. The van der Waals surface area contributed by atoms with Gasteiger partial charge in [-0.3, -0.25) is 9.62 Å². The van der Waals surface area contributed by atoms with Crippen molar-refractivity contribution in [2.75, 3.05) is 29.8 Å². The van der Waals surface area contributed by atoms with Crippen molar-refractivity contribution in [3.63, 3.8) is 0 Å². The molecule has 2 heterocycles. The van der Waals surface area contributed by atoms with E-state index in [1.54, 1.807) is 12.1 Å². The van der Waals surface area contributed by atoms with E-state index in [1.807, 2.05) is 31.3 Å². The summed E-state index contributed by atoms with van der Waals surface area (Å²) in [5.74, 6) is 0. The highest BCUT2D eigenvalue weighted by molar-refractivity contribution is 7.93. The number of nitrogens with one attached hydrogen (secondary N) is 1. The summed E-state index contributed by atoms with van der Waals surface area (Å²) >= 11 is 13.8. The van der Waals surface area contributed by atoms with Gasteiger partial charge in [-0.05, 0) is 36.2 Å². The summed E-state index contributed by atoms with van der Waals surface area (Å²) < 4.78 is 31.3. The molecular weight excluding hydrogens is 477 g/mol. The van der Waals surface area contributed by atoms with Gasteiger partial charge in [0.25, 0.3) is 10.0 Å². The van der Waals surface area contributed by atoms with Crippen LogP contribution in [0.25, 0.3) is 0 Å². The first-order chi connectivity index (χ1) is 14.8. The van der Waals surface area contributed by atoms with E-state index >= 15 is 0 Å². The van der Waals surface area contributed by atoms with Crippen LogP contribution in [-0.4, -0.2) is 48.9 Å². The minimum absolute atomic E-state index is 0.0802. The first-order valence-electron chi connectivity index (χ1n) is 9.61. The Labute approximate surface area is 195 Å². The number of hydrogen-bond acceptors (Lipinski definition) is 7. The number of hydrogen-bond donors (Lipinski definition) is 1. The van der Waals surface area contributed by atoms with Gasteiger partial charge in [-0.2, -0.15) is 4.37 Å². The van der Waals surface area contributed by atoms with Gasteiger partial charge in [0.1, 0.15) is 6.33 Å². The zero-order valence-electron chi connectivity index (χ0n) is 16.7. The molecule has 1 aromatic heterocycles. The van der Waals surface area contributed by atoms with Gasteiger partial charge in [-0.25, -0.2) is 13.4 Å². The van der Waals surface area contributed by atoms with Gasteiger partial charge in [-0.1, -0.05) is 41.4 Å². The molecule has 0 unspecified atom stereocenters. The number of likely N-dealkylation sites (tertiary alicyclic amines) is 1. The molecule has 4 rings (SSSR count). The molecule has 1 aliphatic rings. The highest BCUT2D eigenvalue weighted by Crippen LogP contribution is 2.32. The van der Waals surface area contributed by atoms with Crippen LogP contribution in [0.2, 0.25) is 10.0 Å². The highest BCUT2D eigenvalue weighted by Gasteiger charge is 2.28. The fraction of sp³-hybridized carbons (Fsp3) is 0.300. The summed E-state index contributed by atoms with van der Waals surface area (Å²) in [4.78, 5) is 8.41. The van der Waals surface area contributed by atoms with Crippen LogP contribution in [0.3, 0.4) is 0 Å². The first-order valence-corrected chi connectivity index (χ1v) is 12.6. The molecule has 1 N–H and O–H groups in total. The molecule has 0 spiro atoms. The number of benzene rings is 2. The van der Waals surface area contributed by atoms with E-state index in [1.165, 1.54) is 12.4 Å². The highest BCUT2D eigenvalue weighted by atomic mass is 35.5. The Morgan fingerprint density at radius 3 is 2.74 bits per heavy atom. The lowest BCUT2D eigenvalue weighted by atomic mass is 10.2. The molecule has 11 heteroatoms. The maximum absolute atomic E-state index is 12.6. The Morgan fingerprint density at radius 1 is 1.23 bits per heavy atom. The number of halogens is 2. The van der Waals surface area contributed by atoms with E-state index in [2.05, 4.69) is 23.9 Å². The van der Waals surface area contributed by atoms with E-state index in [0.29, 0.717) is 5.02 Å². The molecule has 1 fully saturated rings. The van der Waals surface area contributed by atoms with E-state index in [0.717, 1.165) is 53.9 Å². The van der Waals surface area contributed by atoms with Crippen LogP contribution < -0.4 is 9.62 Å². The summed E-state index contributed by atoms with van der Waals surface area (Å²) in [5, 5.41) is 1.37. The van der Waals surface area contributed by atoms with Crippen LogP contribution in [0, 0.1) is 0 Å². The maximum atomic E-state index is 12.6.